The number of carbonyl (C=O) groups is 1. The number of rotatable bonds is 4. The molecule has 5 heteroatoms. The Morgan fingerprint density at radius 3 is 2.62 bits per heavy atom. The minimum Gasteiger partial charge on any atom is -0.293 e. The van der Waals surface area contributed by atoms with Gasteiger partial charge in [-0.15, -0.1) is 0 Å². The minimum absolute atomic E-state index is 0.466. The molecule has 1 heterocycles. The van der Waals surface area contributed by atoms with Crippen molar-refractivity contribution in [3.63, 3.8) is 0 Å². The molecule has 1 amide bonds. The molecule has 5 nitrogen and oxygen atoms in total. The lowest BCUT2D eigenvalue weighted by Crippen LogP contribution is -2.34. The van der Waals surface area contributed by atoms with Gasteiger partial charge in [-0.05, 0) is 61.6 Å². The van der Waals surface area contributed by atoms with Crippen LogP contribution in [0.2, 0.25) is 0 Å². The molecule has 2 aromatic rings. The van der Waals surface area contributed by atoms with Crippen LogP contribution in [-0.4, -0.2) is 34.8 Å². The fraction of sp³-hybridized carbons (Fsp3) is 0.333. The first-order valence-corrected chi connectivity index (χ1v) is 8.87. The normalized spacial score (nSPS) is 14.8. The van der Waals surface area contributed by atoms with Crippen LogP contribution in [0.3, 0.4) is 0 Å². The second-order valence-electron chi connectivity index (χ2n) is 6.97. The number of hydroxylamine groups is 1. The Bertz CT molecular complexity index is 838. The molecule has 1 aliphatic rings. The lowest BCUT2D eigenvalue weighted by Gasteiger charge is -2.29. The Morgan fingerprint density at radius 1 is 1.19 bits per heavy atom. The molecule has 2 aromatic carbocycles. The van der Waals surface area contributed by atoms with Gasteiger partial charge in [0.25, 0.3) is 5.91 Å². The Labute approximate surface area is 154 Å². The first kappa shape index (κ1) is 18.3. The van der Waals surface area contributed by atoms with Crippen molar-refractivity contribution in [3.8, 4) is 0 Å². The van der Waals surface area contributed by atoms with Crippen LogP contribution < -0.4 is 5.48 Å². The first-order chi connectivity index (χ1) is 12.5. The fourth-order valence-corrected chi connectivity index (χ4v) is 3.48. The second kappa shape index (κ2) is 7.81. The van der Waals surface area contributed by atoms with Gasteiger partial charge in [-0.1, -0.05) is 24.3 Å². The maximum absolute atomic E-state index is 11.6. The number of amides is 1. The largest absolute Gasteiger partial charge is 0.293 e. The van der Waals surface area contributed by atoms with Crippen LogP contribution in [0.4, 0.5) is 5.69 Å². The number of nitrogens with one attached hydrogen (secondary N) is 1. The molecule has 3 rings (SSSR count). The van der Waals surface area contributed by atoms with Crippen LogP contribution >= 0.6 is 0 Å². The van der Waals surface area contributed by atoms with E-state index in [1.54, 1.807) is 11.5 Å². The number of aliphatic imine (C=N–C) groups is 1. The monoisotopic (exact) mass is 351 g/mol. The van der Waals surface area contributed by atoms with Gasteiger partial charge in [0.2, 0.25) is 0 Å². The zero-order valence-electron chi connectivity index (χ0n) is 15.5. The maximum atomic E-state index is 11.6. The molecule has 0 spiro atoms. The highest BCUT2D eigenvalue weighted by molar-refractivity contribution is 5.93. The molecule has 0 saturated carbocycles. The third kappa shape index (κ3) is 4.00. The number of fused-ring (bicyclic) bond motifs is 1. The summed E-state index contributed by atoms with van der Waals surface area (Å²) in [5.41, 5.74) is 9.15. The van der Waals surface area contributed by atoms with Crippen molar-refractivity contribution >= 4 is 17.3 Å². The van der Waals surface area contributed by atoms with Crippen LogP contribution in [0, 0.1) is 13.8 Å². The Kier molecular flexibility index (Phi) is 5.49. The Morgan fingerprint density at radius 2 is 1.92 bits per heavy atom. The van der Waals surface area contributed by atoms with Crippen LogP contribution in [0.25, 0.3) is 0 Å². The molecule has 0 bridgehead atoms. The number of benzene rings is 2. The third-order valence-corrected chi connectivity index (χ3v) is 4.86. The SMILES string of the molecule is CC(CN1CCc2cc(C(=O)NO)ccc2C1)=Nc1c(C)cccc1C. The average molecular weight is 351 g/mol. The molecular formula is C21H25N3O2. The summed E-state index contributed by atoms with van der Waals surface area (Å²) < 4.78 is 0. The summed E-state index contributed by atoms with van der Waals surface area (Å²) in [6, 6.07) is 11.9. The molecule has 0 aromatic heterocycles. The van der Waals surface area contributed by atoms with Gasteiger partial charge in [-0.25, -0.2) is 5.48 Å². The summed E-state index contributed by atoms with van der Waals surface area (Å²) in [4.78, 5) is 18.8. The van der Waals surface area contributed by atoms with E-state index in [-0.39, 0.29) is 0 Å². The predicted molar refractivity (Wildman–Crippen MR) is 103 cm³/mol. The topological polar surface area (TPSA) is 64.9 Å². The second-order valence-corrected chi connectivity index (χ2v) is 6.97. The Hall–Kier alpha value is -2.50. The van der Waals surface area contributed by atoms with E-state index in [4.69, 9.17) is 10.2 Å². The van der Waals surface area contributed by atoms with Gasteiger partial charge >= 0.3 is 0 Å². The van der Waals surface area contributed by atoms with Crippen LogP contribution in [0.1, 0.15) is 39.5 Å². The summed E-state index contributed by atoms with van der Waals surface area (Å²) in [6.07, 6.45) is 0.887. The minimum atomic E-state index is -0.466. The summed E-state index contributed by atoms with van der Waals surface area (Å²) in [5, 5.41) is 8.77. The number of para-hydroxylation sites is 1. The van der Waals surface area contributed by atoms with Gasteiger partial charge < -0.3 is 0 Å². The number of hydrogen-bond acceptors (Lipinski definition) is 4. The highest BCUT2D eigenvalue weighted by Crippen LogP contribution is 2.24. The molecule has 26 heavy (non-hydrogen) atoms. The lowest BCUT2D eigenvalue weighted by atomic mass is 9.97. The van der Waals surface area contributed by atoms with E-state index in [0.29, 0.717) is 5.56 Å². The number of aryl methyl sites for hydroxylation is 2. The average Bonchev–Trinajstić information content (AvgIpc) is 2.63. The molecular weight excluding hydrogens is 326 g/mol. The van der Waals surface area contributed by atoms with E-state index in [0.717, 1.165) is 37.5 Å². The van der Waals surface area contributed by atoms with Crippen molar-refractivity contribution in [1.82, 2.24) is 10.4 Å². The standard InChI is InChI=1S/C21H25N3O2/c1-14-5-4-6-15(2)20(14)22-16(3)12-24-10-9-17-11-18(21(25)23-26)7-8-19(17)13-24/h4-8,11,26H,9-10,12-13H2,1-3H3,(H,23,25). The van der Waals surface area contributed by atoms with Crippen molar-refractivity contribution in [1.29, 1.82) is 0 Å². The fourth-order valence-electron chi connectivity index (χ4n) is 3.48. The predicted octanol–water partition coefficient (Wildman–Crippen LogP) is 3.57. The van der Waals surface area contributed by atoms with E-state index >= 15 is 0 Å². The molecule has 0 atom stereocenters. The molecule has 2 N–H and O–H groups in total. The molecule has 0 aliphatic carbocycles. The smallest absolute Gasteiger partial charge is 0.274 e. The van der Waals surface area contributed by atoms with Gasteiger partial charge in [0, 0.05) is 30.9 Å². The summed E-state index contributed by atoms with van der Waals surface area (Å²) in [6.45, 7) is 8.86. The van der Waals surface area contributed by atoms with Gasteiger partial charge in [-0.3, -0.25) is 19.9 Å². The molecule has 1 aliphatic heterocycles. The quantitative estimate of drug-likeness (QED) is 0.503. The zero-order valence-corrected chi connectivity index (χ0v) is 15.5. The maximum Gasteiger partial charge on any atom is 0.274 e. The van der Waals surface area contributed by atoms with E-state index in [9.17, 15) is 4.79 Å². The summed E-state index contributed by atoms with van der Waals surface area (Å²) in [7, 11) is 0. The van der Waals surface area contributed by atoms with Crippen LogP contribution in [0.15, 0.2) is 41.4 Å². The molecule has 0 saturated heterocycles. The molecule has 136 valence electrons. The molecule has 0 radical (unpaired) electrons. The van der Waals surface area contributed by atoms with Crippen molar-refractivity contribution in [2.75, 3.05) is 13.1 Å². The van der Waals surface area contributed by atoms with E-state index < -0.39 is 5.91 Å². The van der Waals surface area contributed by atoms with Crippen LogP contribution in [0.5, 0.6) is 0 Å². The van der Waals surface area contributed by atoms with Gasteiger partial charge in [-0.2, -0.15) is 0 Å². The van der Waals surface area contributed by atoms with E-state index in [1.807, 2.05) is 12.1 Å². The number of hydrogen-bond donors (Lipinski definition) is 2. The van der Waals surface area contributed by atoms with Crippen molar-refractivity contribution in [3.05, 3.63) is 64.2 Å². The summed E-state index contributed by atoms with van der Waals surface area (Å²) in [5.74, 6) is -0.466. The number of carbonyl (C=O) groups excluding carboxylic acids is 1. The van der Waals surface area contributed by atoms with Crippen molar-refractivity contribution in [2.45, 2.75) is 33.7 Å². The molecule has 0 unspecified atom stereocenters. The highest BCUT2D eigenvalue weighted by Gasteiger charge is 2.18. The van der Waals surface area contributed by atoms with Crippen LogP contribution in [-0.2, 0) is 13.0 Å². The first-order valence-electron chi connectivity index (χ1n) is 8.87. The Balaban J connectivity index is 1.71. The van der Waals surface area contributed by atoms with Gasteiger partial charge in [0.05, 0.1) is 5.69 Å². The lowest BCUT2D eigenvalue weighted by molar-refractivity contribution is 0.0706. The summed E-state index contributed by atoms with van der Waals surface area (Å²) >= 11 is 0. The number of nitrogens with zero attached hydrogens (tertiary/aromatic N) is 2. The highest BCUT2D eigenvalue weighted by atomic mass is 16.5. The van der Waals surface area contributed by atoms with Gasteiger partial charge in [0.1, 0.15) is 0 Å². The molecule has 0 fully saturated rings. The van der Waals surface area contributed by atoms with Crippen molar-refractivity contribution < 1.29 is 10.0 Å². The van der Waals surface area contributed by atoms with E-state index in [1.165, 1.54) is 22.3 Å². The zero-order chi connectivity index (χ0) is 18.7. The van der Waals surface area contributed by atoms with E-state index in [2.05, 4.69) is 43.9 Å². The van der Waals surface area contributed by atoms with Gasteiger partial charge in [0.15, 0.2) is 0 Å². The van der Waals surface area contributed by atoms with Crippen molar-refractivity contribution in [2.24, 2.45) is 4.99 Å². The third-order valence-electron chi connectivity index (χ3n) is 4.86.